The van der Waals surface area contributed by atoms with Gasteiger partial charge in [0.1, 0.15) is 5.82 Å². The Bertz CT molecular complexity index is 635. The zero-order chi connectivity index (χ0) is 15.2. The first-order valence-electron chi connectivity index (χ1n) is 7.16. The molecule has 2 nitrogen and oxygen atoms in total. The maximum Gasteiger partial charge on any atom is 0.338 e. The van der Waals surface area contributed by atoms with Gasteiger partial charge in [-0.15, -0.1) is 0 Å². The lowest BCUT2D eigenvalue weighted by Gasteiger charge is -2.10. The van der Waals surface area contributed by atoms with Gasteiger partial charge in [-0.1, -0.05) is 37.6 Å². The molecule has 3 heteroatoms. The summed E-state index contributed by atoms with van der Waals surface area (Å²) in [5.41, 5.74) is 2.65. The Morgan fingerprint density at radius 1 is 1.19 bits per heavy atom. The van der Waals surface area contributed by atoms with Crippen molar-refractivity contribution in [3.8, 4) is 11.1 Å². The van der Waals surface area contributed by atoms with Crippen LogP contribution in [-0.4, -0.2) is 12.6 Å². The van der Waals surface area contributed by atoms with Gasteiger partial charge in [-0.25, -0.2) is 9.18 Å². The topological polar surface area (TPSA) is 26.3 Å². The predicted octanol–water partition coefficient (Wildman–Crippen LogP) is 4.76. The molecule has 0 aliphatic heterocycles. The molecule has 2 aromatic carbocycles. The average Bonchev–Trinajstić information content (AvgIpc) is 2.50. The van der Waals surface area contributed by atoms with Crippen molar-refractivity contribution in [1.82, 2.24) is 0 Å². The van der Waals surface area contributed by atoms with E-state index in [0.29, 0.717) is 17.7 Å². The van der Waals surface area contributed by atoms with Crippen LogP contribution in [0.25, 0.3) is 11.1 Å². The molecule has 0 aliphatic rings. The molecule has 21 heavy (non-hydrogen) atoms. The number of rotatable bonds is 5. The fourth-order valence-electron chi connectivity index (χ4n) is 2.11. The van der Waals surface area contributed by atoms with Gasteiger partial charge in [0.15, 0.2) is 0 Å². The second-order valence-electron chi connectivity index (χ2n) is 5.00. The van der Waals surface area contributed by atoms with Gasteiger partial charge in [0, 0.05) is 0 Å². The molecule has 0 saturated heterocycles. The summed E-state index contributed by atoms with van der Waals surface area (Å²) >= 11 is 0. The molecule has 0 heterocycles. The number of hydrogen-bond acceptors (Lipinski definition) is 2. The van der Waals surface area contributed by atoms with Crippen LogP contribution >= 0.6 is 0 Å². The van der Waals surface area contributed by atoms with E-state index >= 15 is 0 Å². The van der Waals surface area contributed by atoms with Crippen LogP contribution in [0.2, 0.25) is 0 Å². The summed E-state index contributed by atoms with van der Waals surface area (Å²) in [5, 5.41) is 0. The van der Waals surface area contributed by atoms with Crippen LogP contribution < -0.4 is 0 Å². The monoisotopic (exact) mass is 286 g/mol. The van der Waals surface area contributed by atoms with E-state index in [2.05, 4.69) is 0 Å². The first-order chi connectivity index (χ1) is 10.1. The van der Waals surface area contributed by atoms with Gasteiger partial charge in [-0.2, -0.15) is 0 Å². The third-order valence-electron chi connectivity index (χ3n) is 3.35. The van der Waals surface area contributed by atoms with Crippen LogP contribution in [0.15, 0.2) is 42.5 Å². The number of aryl methyl sites for hydroxylation is 1. The molecular weight excluding hydrogens is 267 g/mol. The highest BCUT2D eigenvalue weighted by molar-refractivity contribution is 5.97. The molecule has 0 spiro atoms. The summed E-state index contributed by atoms with van der Waals surface area (Å²) in [4.78, 5) is 12.2. The van der Waals surface area contributed by atoms with E-state index in [-0.39, 0.29) is 11.8 Å². The van der Waals surface area contributed by atoms with Crippen molar-refractivity contribution in [2.45, 2.75) is 26.7 Å². The van der Waals surface area contributed by atoms with E-state index < -0.39 is 0 Å². The minimum atomic E-state index is -0.332. The van der Waals surface area contributed by atoms with Gasteiger partial charge in [0.05, 0.1) is 12.2 Å². The van der Waals surface area contributed by atoms with Gasteiger partial charge >= 0.3 is 5.97 Å². The fourth-order valence-corrected chi connectivity index (χ4v) is 2.11. The smallest absolute Gasteiger partial charge is 0.338 e. The molecule has 0 aromatic heterocycles. The van der Waals surface area contributed by atoms with Crippen LogP contribution in [0.5, 0.6) is 0 Å². The van der Waals surface area contributed by atoms with Crippen LogP contribution in [0.1, 0.15) is 35.7 Å². The maximum atomic E-state index is 13.4. The zero-order valence-electron chi connectivity index (χ0n) is 12.4. The second-order valence-corrected chi connectivity index (χ2v) is 5.00. The number of esters is 1. The molecule has 0 aliphatic carbocycles. The van der Waals surface area contributed by atoms with Gasteiger partial charge < -0.3 is 4.74 Å². The van der Waals surface area contributed by atoms with E-state index in [4.69, 9.17) is 4.74 Å². The molecule has 0 fully saturated rings. The van der Waals surface area contributed by atoms with E-state index in [1.807, 2.05) is 19.1 Å². The number of ether oxygens (including phenoxy) is 1. The summed E-state index contributed by atoms with van der Waals surface area (Å²) in [6.45, 7) is 4.18. The van der Waals surface area contributed by atoms with E-state index in [1.165, 1.54) is 6.07 Å². The Morgan fingerprint density at radius 2 is 1.95 bits per heavy atom. The summed E-state index contributed by atoms with van der Waals surface area (Å²) in [5.74, 6) is -0.581. The summed E-state index contributed by atoms with van der Waals surface area (Å²) in [6.07, 6.45) is 1.83. The third-order valence-corrected chi connectivity index (χ3v) is 3.35. The number of hydrogen-bond donors (Lipinski definition) is 0. The Hall–Kier alpha value is -2.16. The van der Waals surface area contributed by atoms with E-state index in [0.717, 1.165) is 24.0 Å². The lowest BCUT2D eigenvalue weighted by Crippen LogP contribution is -2.08. The first kappa shape index (κ1) is 15.2. The minimum Gasteiger partial charge on any atom is -0.462 e. The molecular formula is C18H19FO2. The largest absolute Gasteiger partial charge is 0.462 e. The molecule has 0 atom stereocenters. The number of carbonyl (C=O) groups excluding carboxylic acids is 1. The minimum absolute atomic E-state index is 0.248. The number of halogens is 1. The van der Waals surface area contributed by atoms with Crippen molar-refractivity contribution in [3.63, 3.8) is 0 Å². The van der Waals surface area contributed by atoms with Crippen molar-refractivity contribution in [2.75, 3.05) is 6.61 Å². The fraction of sp³-hybridized carbons (Fsp3) is 0.278. The van der Waals surface area contributed by atoms with Crippen LogP contribution in [0, 0.1) is 12.7 Å². The quantitative estimate of drug-likeness (QED) is 0.585. The van der Waals surface area contributed by atoms with Crippen molar-refractivity contribution in [1.29, 1.82) is 0 Å². The third kappa shape index (κ3) is 3.69. The Kier molecular flexibility index (Phi) is 5.09. The van der Waals surface area contributed by atoms with Crippen LogP contribution in [0.3, 0.4) is 0 Å². The normalized spacial score (nSPS) is 10.4. The summed E-state index contributed by atoms with van der Waals surface area (Å²) < 4.78 is 18.7. The highest BCUT2D eigenvalue weighted by atomic mass is 19.1. The molecule has 0 unspecified atom stereocenters. The zero-order valence-corrected chi connectivity index (χ0v) is 12.4. The Labute approximate surface area is 124 Å². The van der Waals surface area contributed by atoms with Gasteiger partial charge in [-0.3, -0.25) is 0 Å². The van der Waals surface area contributed by atoms with Crippen molar-refractivity contribution < 1.29 is 13.9 Å². The maximum absolute atomic E-state index is 13.4. The first-order valence-corrected chi connectivity index (χ1v) is 7.16. The van der Waals surface area contributed by atoms with Crippen molar-refractivity contribution >= 4 is 5.97 Å². The molecule has 0 N–H and O–H groups in total. The average molecular weight is 286 g/mol. The van der Waals surface area contributed by atoms with Gasteiger partial charge in [0.2, 0.25) is 0 Å². The Balaban J connectivity index is 2.32. The second kappa shape index (κ2) is 7.02. The molecule has 110 valence electrons. The molecule has 0 radical (unpaired) electrons. The molecule has 0 saturated carbocycles. The Morgan fingerprint density at radius 3 is 2.67 bits per heavy atom. The van der Waals surface area contributed by atoms with Crippen LogP contribution in [0.4, 0.5) is 4.39 Å². The molecule has 2 aromatic rings. The predicted molar refractivity (Wildman–Crippen MR) is 81.8 cm³/mol. The summed E-state index contributed by atoms with van der Waals surface area (Å²) in [6, 6.07) is 12.1. The highest BCUT2D eigenvalue weighted by Gasteiger charge is 2.14. The van der Waals surface area contributed by atoms with Gasteiger partial charge in [-0.05, 0) is 48.2 Å². The lowest BCUT2D eigenvalue weighted by atomic mass is 9.98. The van der Waals surface area contributed by atoms with E-state index in [9.17, 15) is 9.18 Å². The number of unbranched alkanes of at least 4 members (excludes halogenated alkanes) is 1. The molecule has 0 amide bonds. The SMILES string of the molecule is CCCCOC(=O)c1ccccc1-c1ccc(F)c(C)c1. The van der Waals surface area contributed by atoms with E-state index in [1.54, 1.807) is 31.2 Å². The van der Waals surface area contributed by atoms with Gasteiger partial charge in [0.25, 0.3) is 0 Å². The lowest BCUT2D eigenvalue weighted by molar-refractivity contribution is 0.0500. The van der Waals surface area contributed by atoms with Crippen molar-refractivity contribution in [2.24, 2.45) is 0 Å². The molecule has 0 bridgehead atoms. The number of carbonyl (C=O) groups is 1. The standard InChI is InChI=1S/C18H19FO2/c1-3-4-11-21-18(20)16-8-6-5-7-15(16)14-9-10-17(19)13(2)12-14/h5-10,12H,3-4,11H2,1-2H3. The van der Waals surface area contributed by atoms with Crippen molar-refractivity contribution in [3.05, 3.63) is 59.4 Å². The highest BCUT2D eigenvalue weighted by Crippen LogP contribution is 2.26. The number of benzene rings is 2. The van der Waals surface area contributed by atoms with Crippen LogP contribution in [-0.2, 0) is 4.74 Å². The summed E-state index contributed by atoms with van der Waals surface area (Å²) in [7, 11) is 0. The molecule has 2 rings (SSSR count).